The van der Waals surface area contributed by atoms with E-state index in [0.29, 0.717) is 5.96 Å². The largest absolute Gasteiger partial charge is 0.496 e. The van der Waals surface area contributed by atoms with Crippen LogP contribution >= 0.6 is 0 Å². The molecule has 2 aliphatic rings. The maximum atomic E-state index is 6.04. The Hall–Kier alpha value is -2.89. The number of nitrogens with two attached hydrogens (primary N) is 1. The summed E-state index contributed by atoms with van der Waals surface area (Å²) in [4.78, 5) is 4.56. The van der Waals surface area contributed by atoms with Gasteiger partial charge in [-0.2, -0.15) is 0 Å². The molecule has 0 amide bonds. The quantitative estimate of drug-likeness (QED) is 0.906. The number of hydrogen-bond donors (Lipinski definition) is 2. The number of ether oxygens (including phenoxy) is 3. The fourth-order valence-electron chi connectivity index (χ4n) is 3.21. The summed E-state index contributed by atoms with van der Waals surface area (Å²) >= 11 is 0. The van der Waals surface area contributed by atoms with Crippen molar-refractivity contribution in [3.8, 4) is 17.2 Å². The molecule has 0 saturated heterocycles. The summed E-state index contributed by atoms with van der Waals surface area (Å²) in [5.41, 5.74) is 8.17. The molecule has 2 aliphatic heterocycles. The van der Waals surface area contributed by atoms with Gasteiger partial charge in [0.2, 0.25) is 6.79 Å². The highest BCUT2D eigenvalue weighted by Crippen LogP contribution is 2.39. The number of fused-ring (bicyclic) bond motifs is 1. The van der Waals surface area contributed by atoms with Gasteiger partial charge in [0.25, 0.3) is 0 Å². The Morgan fingerprint density at radius 2 is 2.00 bits per heavy atom. The SMILES string of the molecule is COc1ccccc1C1CC(c2ccc3c(c2)OCO3)N=C(N)N1. The van der Waals surface area contributed by atoms with Gasteiger partial charge in [-0.15, -0.1) is 0 Å². The lowest BCUT2D eigenvalue weighted by Crippen LogP contribution is -2.39. The molecule has 6 nitrogen and oxygen atoms in total. The summed E-state index contributed by atoms with van der Waals surface area (Å²) in [6.45, 7) is 0.264. The monoisotopic (exact) mass is 325 g/mol. The van der Waals surface area contributed by atoms with Gasteiger partial charge < -0.3 is 25.3 Å². The van der Waals surface area contributed by atoms with Crippen LogP contribution in [0.15, 0.2) is 47.5 Å². The van der Waals surface area contributed by atoms with E-state index in [9.17, 15) is 0 Å². The zero-order valence-electron chi connectivity index (χ0n) is 13.4. The van der Waals surface area contributed by atoms with Crippen LogP contribution in [0.4, 0.5) is 0 Å². The standard InChI is InChI=1S/C18H19N3O3/c1-22-15-5-3-2-4-12(15)14-9-13(20-18(19)21-14)11-6-7-16-17(8-11)24-10-23-16/h2-8,13-14H,9-10H2,1H3,(H3,19,20,21). The van der Waals surface area contributed by atoms with Crippen LogP contribution in [0.25, 0.3) is 0 Å². The molecule has 0 spiro atoms. The van der Waals surface area contributed by atoms with Gasteiger partial charge >= 0.3 is 0 Å². The lowest BCUT2D eigenvalue weighted by molar-refractivity contribution is 0.174. The molecule has 0 radical (unpaired) electrons. The van der Waals surface area contributed by atoms with Crippen molar-refractivity contribution < 1.29 is 14.2 Å². The smallest absolute Gasteiger partial charge is 0.231 e. The van der Waals surface area contributed by atoms with Crippen LogP contribution in [0.1, 0.15) is 29.6 Å². The van der Waals surface area contributed by atoms with E-state index in [1.54, 1.807) is 7.11 Å². The molecule has 4 rings (SSSR count). The Morgan fingerprint density at radius 3 is 2.88 bits per heavy atom. The first-order valence-corrected chi connectivity index (χ1v) is 7.87. The highest BCUT2D eigenvalue weighted by atomic mass is 16.7. The van der Waals surface area contributed by atoms with Crippen LogP contribution in [0.5, 0.6) is 17.2 Å². The van der Waals surface area contributed by atoms with E-state index in [2.05, 4.69) is 10.3 Å². The van der Waals surface area contributed by atoms with Crippen LogP contribution in [0, 0.1) is 0 Å². The number of nitrogens with zero attached hydrogens (tertiary/aromatic N) is 1. The molecule has 3 N–H and O–H groups in total. The fraction of sp³-hybridized carbons (Fsp3) is 0.278. The average Bonchev–Trinajstić information content (AvgIpc) is 3.09. The summed E-state index contributed by atoms with van der Waals surface area (Å²) in [6.07, 6.45) is 0.778. The van der Waals surface area contributed by atoms with Gasteiger partial charge in [-0.05, 0) is 30.2 Å². The average molecular weight is 325 g/mol. The predicted octanol–water partition coefficient (Wildman–Crippen LogP) is 2.51. The molecule has 2 atom stereocenters. The van der Waals surface area contributed by atoms with Crippen LogP contribution in [0.3, 0.4) is 0 Å². The molecule has 2 heterocycles. The fourth-order valence-corrected chi connectivity index (χ4v) is 3.21. The molecule has 124 valence electrons. The molecule has 2 aromatic carbocycles. The highest BCUT2D eigenvalue weighted by molar-refractivity contribution is 5.79. The number of methoxy groups -OCH3 is 1. The Morgan fingerprint density at radius 1 is 1.17 bits per heavy atom. The van der Waals surface area contributed by atoms with E-state index >= 15 is 0 Å². The lowest BCUT2D eigenvalue weighted by Gasteiger charge is -2.29. The van der Waals surface area contributed by atoms with Gasteiger partial charge in [0.1, 0.15) is 5.75 Å². The minimum Gasteiger partial charge on any atom is -0.496 e. The molecule has 0 saturated carbocycles. The minimum absolute atomic E-state index is 0.0362. The van der Waals surface area contributed by atoms with Crippen molar-refractivity contribution in [2.75, 3.05) is 13.9 Å². The van der Waals surface area contributed by atoms with E-state index in [-0.39, 0.29) is 18.9 Å². The van der Waals surface area contributed by atoms with Gasteiger partial charge in [-0.1, -0.05) is 24.3 Å². The van der Waals surface area contributed by atoms with Gasteiger partial charge in [0.15, 0.2) is 17.5 Å². The Bertz CT molecular complexity index is 791. The number of hydrogen-bond acceptors (Lipinski definition) is 6. The summed E-state index contributed by atoms with van der Waals surface area (Å²) in [6, 6.07) is 13.9. The van der Waals surface area contributed by atoms with Crippen molar-refractivity contribution in [2.24, 2.45) is 10.7 Å². The number of benzene rings is 2. The van der Waals surface area contributed by atoms with Gasteiger partial charge in [-0.25, -0.2) is 4.99 Å². The highest BCUT2D eigenvalue weighted by Gasteiger charge is 2.27. The zero-order chi connectivity index (χ0) is 16.5. The van der Waals surface area contributed by atoms with Crippen molar-refractivity contribution >= 4 is 5.96 Å². The van der Waals surface area contributed by atoms with Crippen LogP contribution in [0.2, 0.25) is 0 Å². The summed E-state index contributed by atoms with van der Waals surface area (Å²) in [5, 5.41) is 3.25. The molecule has 2 unspecified atom stereocenters. The van der Waals surface area contributed by atoms with Gasteiger partial charge in [0, 0.05) is 5.56 Å². The molecule has 6 heteroatoms. The topological polar surface area (TPSA) is 78.1 Å². The van der Waals surface area contributed by atoms with Crippen LogP contribution in [-0.2, 0) is 0 Å². The molecule has 2 aromatic rings. The molecular formula is C18H19N3O3. The van der Waals surface area contributed by atoms with Gasteiger partial charge in [0.05, 0.1) is 19.2 Å². The number of nitrogens with one attached hydrogen (secondary N) is 1. The van der Waals surface area contributed by atoms with E-state index in [4.69, 9.17) is 19.9 Å². The second-order valence-corrected chi connectivity index (χ2v) is 5.82. The molecular weight excluding hydrogens is 306 g/mol. The van der Waals surface area contributed by atoms with E-state index in [0.717, 1.165) is 34.8 Å². The van der Waals surface area contributed by atoms with E-state index in [1.165, 1.54) is 0 Å². The van der Waals surface area contributed by atoms with Crippen molar-refractivity contribution in [3.05, 3.63) is 53.6 Å². The Kier molecular flexibility index (Phi) is 3.65. The normalized spacial score (nSPS) is 21.8. The zero-order valence-corrected chi connectivity index (χ0v) is 13.4. The third kappa shape index (κ3) is 2.60. The number of aliphatic imine (C=N–C) groups is 1. The molecule has 0 fully saturated rings. The van der Waals surface area contributed by atoms with Crippen LogP contribution < -0.4 is 25.3 Å². The maximum Gasteiger partial charge on any atom is 0.231 e. The van der Waals surface area contributed by atoms with Crippen molar-refractivity contribution in [2.45, 2.75) is 18.5 Å². The Balaban J connectivity index is 1.64. The molecule has 24 heavy (non-hydrogen) atoms. The summed E-state index contributed by atoms with van der Waals surface area (Å²) in [5.74, 6) is 2.80. The Labute approximate surface area is 140 Å². The van der Waals surface area contributed by atoms with E-state index < -0.39 is 0 Å². The number of guanidine groups is 1. The maximum absolute atomic E-state index is 6.04. The van der Waals surface area contributed by atoms with Crippen molar-refractivity contribution in [1.82, 2.24) is 5.32 Å². The van der Waals surface area contributed by atoms with Gasteiger partial charge in [-0.3, -0.25) is 0 Å². The second-order valence-electron chi connectivity index (χ2n) is 5.82. The predicted molar refractivity (Wildman–Crippen MR) is 90.4 cm³/mol. The third-order valence-corrected chi connectivity index (χ3v) is 4.37. The first-order chi connectivity index (χ1) is 11.7. The summed E-state index contributed by atoms with van der Waals surface area (Å²) < 4.78 is 16.3. The molecule has 0 bridgehead atoms. The first kappa shape index (κ1) is 14.7. The minimum atomic E-state index is -0.0457. The molecule has 0 aliphatic carbocycles. The summed E-state index contributed by atoms with van der Waals surface area (Å²) in [7, 11) is 1.68. The first-order valence-electron chi connectivity index (χ1n) is 7.87. The van der Waals surface area contributed by atoms with Crippen LogP contribution in [-0.4, -0.2) is 19.9 Å². The molecule has 0 aromatic heterocycles. The third-order valence-electron chi connectivity index (χ3n) is 4.37. The van der Waals surface area contributed by atoms with Crippen molar-refractivity contribution in [3.63, 3.8) is 0 Å². The van der Waals surface area contributed by atoms with Crippen molar-refractivity contribution in [1.29, 1.82) is 0 Å². The van der Waals surface area contributed by atoms with E-state index in [1.807, 2.05) is 42.5 Å². The lowest BCUT2D eigenvalue weighted by atomic mass is 9.93. The second kappa shape index (κ2) is 5.96. The number of para-hydroxylation sites is 1. The number of rotatable bonds is 3.